The number of aromatic nitrogens is 2. The first-order valence-corrected chi connectivity index (χ1v) is 10.6. The minimum atomic E-state index is 0.579. The molecule has 0 spiro atoms. The summed E-state index contributed by atoms with van der Waals surface area (Å²) in [5.74, 6) is 2.87. The molecule has 0 amide bonds. The Morgan fingerprint density at radius 1 is 1.17 bits per heavy atom. The zero-order valence-corrected chi connectivity index (χ0v) is 18.3. The Hall–Kier alpha value is -2.38. The second kappa shape index (κ2) is 8.97. The molecule has 0 unspecified atom stereocenters. The summed E-state index contributed by atoms with van der Waals surface area (Å²) in [5.41, 5.74) is 1.72. The molecule has 1 aromatic heterocycles. The summed E-state index contributed by atoms with van der Waals surface area (Å²) in [6, 6.07) is 11.7. The molecule has 0 bridgehead atoms. The molecule has 152 valence electrons. The summed E-state index contributed by atoms with van der Waals surface area (Å²) >= 11 is 3.59. The number of piperidine rings is 1. The van der Waals surface area contributed by atoms with Crippen LogP contribution in [0.15, 0.2) is 47.2 Å². The number of hydrogen-bond acceptors (Lipinski definition) is 6. The number of nitrogens with zero attached hydrogens (tertiary/aromatic N) is 3. The van der Waals surface area contributed by atoms with Gasteiger partial charge in [-0.05, 0) is 79.1 Å². The summed E-state index contributed by atoms with van der Waals surface area (Å²) in [6.07, 6.45) is 3.90. The SMILES string of the molecule is COc1ccc(Br)c(Nc2ncnc3cccc(OCC4CCN(C)CC4)c23)c1. The monoisotopic (exact) mass is 456 g/mol. The van der Waals surface area contributed by atoms with Gasteiger partial charge in [-0.3, -0.25) is 0 Å². The molecule has 1 N–H and O–H groups in total. The second-order valence-electron chi connectivity index (χ2n) is 7.40. The average Bonchev–Trinajstić information content (AvgIpc) is 2.75. The van der Waals surface area contributed by atoms with Gasteiger partial charge < -0.3 is 19.7 Å². The van der Waals surface area contributed by atoms with Crippen LogP contribution >= 0.6 is 15.9 Å². The van der Waals surface area contributed by atoms with Crippen molar-refractivity contribution in [3.8, 4) is 11.5 Å². The Labute approximate surface area is 179 Å². The molecular formula is C22H25BrN4O2. The fourth-order valence-electron chi connectivity index (χ4n) is 3.58. The number of ether oxygens (including phenoxy) is 2. The molecule has 0 radical (unpaired) electrons. The summed E-state index contributed by atoms with van der Waals surface area (Å²) in [4.78, 5) is 11.3. The zero-order valence-electron chi connectivity index (χ0n) is 16.7. The van der Waals surface area contributed by atoms with Crippen molar-refractivity contribution in [1.82, 2.24) is 14.9 Å². The van der Waals surface area contributed by atoms with Crippen LogP contribution in [0.3, 0.4) is 0 Å². The molecule has 29 heavy (non-hydrogen) atoms. The Morgan fingerprint density at radius 2 is 2.00 bits per heavy atom. The first-order valence-electron chi connectivity index (χ1n) is 9.79. The van der Waals surface area contributed by atoms with Crippen LogP contribution in [0.1, 0.15) is 12.8 Å². The van der Waals surface area contributed by atoms with E-state index in [2.05, 4.69) is 43.2 Å². The lowest BCUT2D eigenvalue weighted by Crippen LogP contribution is -2.32. The normalized spacial score (nSPS) is 15.4. The summed E-state index contributed by atoms with van der Waals surface area (Å²) in [7, 11) is 3.83. The largest absolute Gasteiger partial charge is 0.497 e. The minimum absolute atomic E-state index is 0.579. The minimum Gasteiger partial charge on any atom is -0.497 e. The van der Waals surface area contributed by atoms with E-state index < -0.39 is 0 Å². The van der Waals surface area contributed by atoms with E-state index in [1.807, 2.05) is 36.4 Å². The summed E-state index contributed by atoms with van der Waals surface area (Å²) < 4.78 is 12.5. The van der Waals surface area contributed by atoms with Gasteiger partial charge in [0.15, 0.2) is 0 Å². The number of nitrogens with one attached hydrogen (secondary N) is 1. The van der Waals surface area contributed by atoms with Gasteiger partial charge in [0.05, 0.1) is 30.3 Å². The fourth-order valence-corrected chi connectivity index (χ4v) is 3.93. The molecule has 4 rings (SSSR count). The Bertz CT molecular complexity index is 984. The molecule has 1 aliphatic heterocycles. The lowest BCUT2D eigenvalue weighted by atomic mass is 9.98. The molecule has 0 aliphatic carbocycles. The summed E-state index contributed by atoms with van der Waals surface area (Å²) in [5, 5.41) is 4.30. The molecule has 3 aromatic rings. The van der Waals surface area contributed by atoms with E-state index >= 15 is 0 Å². The zero-order chi connectivity index (χ0) is 20.2. The lowest BCUT2D eigenvalue weighted by Gasteiger charge is -2.28. The van der Waals surface area contributed by atoms with E-state index in [-0.39, 0.29) is 0 Å². The van der Waals surface area contributed by atoms with E-state index in [9.17, 15) is 0 Å². The number of halogens is 1. The van der Waals surface area contributed by atoms with E-state index in [1.165, 1.54) is 12.8 Å². The standard InChI is InChI=1S/C22H25BrN4O2/c1-27-10-8-15(9-11-27)13-29-20-5-3-4-18-21(20)22(25-14-24-18)26-19-12-16(28-2)6-7-17(19)23/h3-7,12,14-15H,8-11,13H2,1-2H3,(H,24,25,26). The Balaban J connectivity index is 1.61. The Kier molecular flexibility index (Phi) is 6.16. The average molecular weight is 457 g/mol. The molecule has 1 fully saturated rings. The number of benzene rings is 2. The fraction of sp³-hybridized carbons (Fsp3) is 0.364. The van der Waals surface area contributed by atoms with Gasteiger partial charge in [0.25, 0.3) is 0 Å². The summed E-state index contributed by atoms with van der Waals surface area (Å²) in [6.45, 7) is 2.97. The molecule has 2 heterocycles. The second-order valence-corrected chi connectivity index (χ2v) is 8.26. The van der Waals surface area contributed by atoms with Crippen LogP contribution in [-0.4, -0.2) is 48.7 Å². The van der Waals surface area contributed by atoms with Gasteiger partial charge >= 0.3 is 0 Å². The van der Waals surface area contributed by atoms with E-state index in [0.717, 1.165) is 45.7 Å². The van der Waals surface area contributed by atoms with Crippen LogP contribution < -0.4 is 14.8 Å². The number of anilines is 2. The highest BCUT2D eigenvalue weighted by Crippen LogP contribution is 2.35. The quantitative estimate of drug-likeness (QED) is 0.570. The molecule has 7 heteroatoms. The van der Waals surface area contributed by atoms with Crippen molar-refractivity contribution in [2.75, 3.05) is 39.2 Å². The van der Waals surface area contributed by atoms with Gasteiger partial charge in [-0.1, -0.05) is 6.07 Å². The van der Waals surface area contributed by atoms with Crippen molar-refractivity contribution < 1.29 is 9.47 Å². The smallest absolute Gasteiger partial charge is 0.145 e. The number of rotatable bonds is 6. The number of hydrogen-bond donors (Lipinski definition) is 1. The highest BCUT2D eigenvalue weighted by atomic mass is 79.9. The number of fused-ring (bicyclic) bond motifs is 1. The third kappa shape index (κ3) is 4.62. The maximum atomic E-state index is 6.27. The van der Waals surface area contributed by atoms with Gasteiger partial charge in [-0.2, -0.15) is 0 Å². The highest BCUT2D eigenvalue weighted by Gasteiger charge is 2.18. The van der Waals surface area contributed by atoms with Crippen LogP contribution in [-0.2, 0) is 0 Å². The van der Waals surface area contributed by atoms with Crippen molar-refractivity contribution in [2.45, 2.75) is 12.8 Å². The lowest BCUT2D eigenvalue weighted by molar-refractivity contribution is 0.161. The van der Waals surface area contributed by atoms with Crippen LogP contribution in [0.2, 0.25) is 0 Å². The van der Waals surface area contributed by atoms with E-state index in [4.69, 9.17) is 9.47 Å². The van der Waals surface area contributed by atoms with Crippen molar-refractivity contribution in [3.63, 3.8) is 0 Å². The van der Waals surface area contributed by atoms with Crippen molar-refractivity contribution >= 4 is 38.3 Å². The first-order chi connectivity index (χ1) is 14.1. The van der Waals surface area contributed by atoms with Crippen molar-refractivity contribution in [3.05, 3.63) is 47.2 Å². The van der Waals surface area contributed by atoms with Gasteiger partial charge in [0, 0.05) is 10.5 Å². The highest BCUT2D eigenvalue weighted by molar-refractivity contribution is 9.10. The number of likely N-dealkylation sites (tertiary alicyclic amines) is 1. The first kappa shape index (κ1) is 19.9. The predicted octanol–water partition coefficient (Wildman–Crippen LogP) is 4.87. The molecule has 0 saturated carbocycles. The maximum Gasteiger partial charge on any atom is 0.145 e. The molecule has 1 saturated heterocycles. The topological polar surface area (TPSA) is 59.5 Å². The van der Waals surface area contributed by atoms with Gasteiger partial charge in [-0.15, -0.1) is 0 Å². The predicted molar refractivity (Wildman–Crippen MR) is 119 cm³/mol. The van der Waals surface area contributed by atoms with Gasteiger partial charge in [-0.25, -0.2) is 9.97 Å². The van der Waals surface area contributed by atoms with E-state index in [0.29, 0.717) is 18.3 Å². The van der Waals surface area contributed by atoms with Crippen LogP contribution in [0.4, 0.5) is 11.5 Å². The number of methoxy groups -OCH3 is 1. The molecule has 1 aliphatic rings. The van der Waals surface area contributed by atoms with Crippen LogP contribution in [0, 0.1) is 5.92 Å². The molecule has 6 nitrogen and oxygen atoms in total. The van der Waals surface area contributed by atoms with Crippen molar-refractivity contribution in [1.29, 1.82) is 0 Å². The molecule has 2 aromatic carbocycles. The van der Waals surface area contributed by atoms with Gasteiger partial charge in [0.2, 0.25) is 0 Å². The third-order valence-electron chi connectivity index (χ3n) is 5.36. The Morgan fingerprint density at radius 3 is 2.79 bits per heavy atom. The molecule has 0 atom stereocenters. The van der Waals surface area contributed by atoms with Crippen LogP contribution in [0.25, 0.3) is 10.9 Å². The maximum absolute atomic E-state index is 6.27. The van der Waals surface area contributed by atoms with Crippen molar-refractivity contribution in [2.24, 2.45) is 5.92 Å². The van der Waals surface area contributed by atoms with Gasteiger partial charge in [0.1, 0.15) is 23.6 Å². The van der Waals surface area contributed by atoms with E-state index in [1.54, 1.807) is 13.4 Å². The third-order valence-corrected chi connectivity index (χ3v) is 6.06. The molecular weight excluding hydrogens is 432 g/mol. The van der Waals surface area contributed by atoms with Crippen LogP contribution in [0.5, 0.6) is 11.5 Å².